The highest BCUT2D eigenvalue weighted by molar-refractivity contribution is 7.86. The predicted octanol–water partition coefficient (Wildman–Crippen LogP) is 0.716. The lowest BCUT2D eigenvalue weighted by Crippen LogP contribution is -2.07. The Morgan fingerprint density at radius 2 is 1.57 bits per heavy atom. The van der Waals surface area contributed by atoms with Crippen molar-refractivity contribution in [1.82, 2.24) is 0 Å². The minimum absolute atomic E-state index is 0.119. The number of nitrogen functional groups attached to an aromatic ring is 1. The van der Waals surface area contributed by atoms with E-state index in [1.165, 1.54) is 6.07 Å². The standard InChI is InChI=1S/C10H10N2O7S2/c11-8-4-5(20(14,15)16)3-7-6(8)1-2-9(12-13)10(7)21(17,18)19/h1-4,12-13H,11H2,(H,14,15,16)(H,17,18,19). The second-order valence-corrected chi connectivity index (χ2v) is 6.89. The first-order valence-electron chi connectivity index (χ1n) is 5.27. The number of hydrogen-bond donors (Lipinski definition) is 5. The van der Waals surface area contributed by atoms with E-state index in [2.05, 4.69) is 0 Å². The van der Waals surface area contributed by atoms with Gasteiger partial charge in [-0.05, 0) is 18.2 Å². The van der Waals surface area contributed by atoms with E-state index in [1.807, 2.05) is 0 Å². The topological polar surface area (TPSA) is 167 Å². The first-order valence-corrected chi connectivity index (χ1v) is 8.15. The molecule has 2 aromatic carbocycles. The van der Waals surface area contributed by atoms with Gasteiger partial charge in [0, 0.05) is 16.5 Å². The van der Waals surface area contributed by atoms with Crippen LogP contribution in [0.25, 0.3) is 10.8 Å². The van der Waals surface area contributed by atoms with Gasteiger partial charge in [0.25, 0.3) is 20.2 Å². The summed E-state index contributed by atoms with van der Waals surface area (Å²) >= 11 is 0. The summed E-state index contributed by atoms with van der Waals surface area (Å²) in [5.41, 5.74) is 6.69. The number of rotatable bonds is 3. The zero-order chi connectivity index (χ0) is 16.0. The van der Waals surface area contributed by atoms with Gasteiger partial charge in [-0.1, -0.05) is 6.07 Å². The monoisotopic (exact) mass is 334 g/mol. The largest absolute Gasteiger partial charge is 0.398 e. The molecule has 2 rings (SSSR count). The summed E-state index contributed by atoms with van der Waals surface area (Å²) < 4.78 is 63.5. The third kappa shape index (κ3) is 2.77. The van der Waals surface area contributed by atoms with Crippen molar-refractivity contribution < 1.29 is 31.1 Å². The van der Waals surface area contributed by atoms with Gasteiger partial charge in [-0.2, -0.15) is 16.8 Å². The van der Waals surface area contributed by atoms with Crippen LogP contribution in [0.5, 0.6) is 0 Å². The number of nitrogens with one attached hydrogen (secondary N) is 1. The molecule has 0 bridgehead atoms. The fraction of sp³-hybridized carbons (Fsp3) is 0. The van der Waals surface area contributed by atoms with Crippen molar-refractivity contribution in [2.24, 2.45) is 0 Å². The molecule has 0 saturated carbocycles. The summed E-state index contributed by atoms with van der Waals surface area (Å²) in [6.07, 6.45) is 0. The molecule has 0 aliphatic carbocycles. The molecule has 0 fully saturated rings. The Morgan fingerprint density at radius 3 is 2.05 bits per heavy atom. The molecule has 0 amide bonds. The lowest BCUT2D eigenvalue weighted by molar-refractivity contribution is 0.386. The maximum atomic E-state index is 11.5. The SMILES string of the molecule is Nc1cc(S(=O)(=O)O)cc2c(S(=O)(=O)O)c(NO)ccc12. The molecule has 11 heteroatoms. The van der Waals surface area contributed by atoms with Crippen LogP contribution in [0.15, 0.2) is 34.1 Å². The molecule has 0 aliphatic rings. The molecule has 0 radical (unpaired) electrons. The summed E-state index contributed by atoms with van der Waals surface area (Å²) in [5.74, 6) is 0. The molecular formula is C10H10N2O7S2. The zero-order valence-electron chi connectivity index (χ0n) is 10.2. The van der Waals surface area contributed by atoms with Crippen LogP contribution < -0.4 is 11.2 Å². The number of hydrogen-bond acceptors (Lipinski definition) is 7. The molecule has 6 N–H and O–H groups in total. The van der Waals surface area contributed by atoms with E-state index >= 15 is 0 Å². The third-order valence-corrected chi connectivity index (χ3v) is 4.55. The summed E-state index contributed by atoms with van der Waals surface area (Å²) in [4.78, 5) is -1.41. The van der Waals surface area contributed by atoms with Gasteiger partial charge >= 0.3 is 0 Å². The van der Waals surface area contributed by atoms with Gasteiger partial charge < -0.3 is 5.73 Å². The van der Waals surface area contributed by atoms with Crippen molar-refractivity contribution in [1.29, 1.82) is 0 Å². The van der Waals surface area contributed by atoms with Crippen LogP contribution in [0.4, 0.5) is 11.4 Å². The molecule has 2 aromatic rings. The van der Waals surface area contributed by atoms with Gasteiger partial charge in [-0.3, -0.25) is 19.8 Å². The van der Waals surface area contributed by atoms with Gasteiger partial charge in [0.2, 0.25) is 0 Å². The molecule has 0 atom stereocenters. The van der Waals surface area contributed by atoms with E-state index in [4.69, 9.17) is 15.5 Å². The molecule has 0 unspecified atom stereocenters. The molecule has 21 heavy (non-hydrogen) atoms. The maximum Gasteiger partial charge on any atom is 0.297 e. The van der Waals surface area contributed by atoms with Crippen LogP contribution in [-0.4, -0.2) is 31.1 Å². The lowest BCUT2D eigenvalue weighted by Gasteiger charge is -2.12. The summed E-state index contributed by atoms with van der Waals surface area (Å²) in [5, 5.41) is 8.76. The number of nitrogens with two attached hydrogens (primary N) is 1. The summed E-state index contributed by atoms with van der Waals surface area (Å²) in [6, 6.07) is 4.21. The maximum absolute atomic E-state index is 11.5. The normalized spacial score (nSPS) is 12.5. The third-order valence-electron chi connectivity index (χ3n) is 2.77. The quantitative estimate of drug-likeness (QED) is 0.308. The van der Waals surface area contributed by atoms with Crippen LogP contribution in [0.1, 0.15) is 0 Å². The van der Waals surface area contributed by atoms with Gasteiger partial charge in [-0.25, -0.2) is 0 Å². The minimum atomic E-state index is -4.81. The highest BCUT2D eigenvalue weighted by Crippen LogP contribution is 2.34. The van der Waals surface area contributed by atoms with Crippen LogP contribution >= 0.6 is 0 Å². The van der Waals surface area contributed by atoms with Crippen molar-refractivity contribution in [3.05, 3.63) is 24.3 Å². The molecule has 0 saturated heterocycles. The fourth-order valence-corrected chi connectivity index (χ4v) is 3.31. The average molecular weight is 334 g/mol. The first kappa shape index (κ1) is 15.5. The van der Waals surface area contributed by atoms with Gasteiger partial charge in [0.1, 0.15) is 4.90 Å². The number of benzene rings is 2. The Kier molecular flexibility index (Phi) is 3.55. The van der Waals surface area contributed by atoms with Crippen molar-refractivity contribution in [2.75, 3.05) is 11.2 Å². The highest BCUT2D eigenvalue weighted by Gasteiger charge is 2.22. The number of anilines is 2. The predicted molar refractivity (Wildman–Crippen MR) is 73.4 cm³/mol. The molecule has 0 aromatic heterocycles. The van der Waals surface area contributed by atoms with Gasteiger partial charge in [-0.15, -0.1) is 0 Å². The van der Waals surface area contributed by atoms with Gasteiger partial charge in [0.15, 0.2) is 0 Å². The Balaban J connectivity index is 3.08. The van der Waals surface area contributed by atoms with E-state index < -0.39 is 30.0 Å². The van der Waals surface area contributed by atoms with E-state index in [0.29, 0.717) is 0 Å². The smallest absolute Gasteiger partial charge is 0.297 e. The van der Waals surface area contributed by atoms with Crippen molar-refractivity contribution >= 4 is 42.4 Å². The van der Waals surface area contributed by atoms with Crippen LogP contribution in [0, 0.1) is 0 Å². The van der Waals surface area contributed by atoms with E-state index in [0.717, 1.165) is 18.2 Å². The summed E-state index contributed by atoms with van der Waals surface area (Å²) in [6.45, 7) is 0. The Hall–Kier alpha value is -1.92. The highest BCUT2D eigenvalue weighted by atomic mass is 32.2. The van der Waals surface area contributed by atoms with Gasteiger partial charge in [0.05, 0.1) is 10.6 Å². The lowest BCUT2D eigenvalue weighted by atomic mass is 10.1. The molecule has 9 nitrogen and oxygen atoms in total. The molecule has 0 spiro atoms. The zero-order valence-corrected chi connectivity index (χ0v) is 11.8. The number of fused-ring (bicyclic) bond motifs is 1. The molecular weight excluding hydrogens is 324 g/mol. The minimum Gasteiger partial charge on any atom is -0.398 e. The van der Waals surface area contributed by atoms with E-state index in [9.17, 15) is 21.4 Å². The van der Waals surface area contributed by atoms with Crippen LogP contribution in [0.3, 0.4) is 0 Å². The van der Waals surface area contributed by atoms with Crippen LogP contribution in [-0.2, 0) is 20.2 Å². The fourth-order valence-electron chi connectivity index (χ4n) is 1.92. The summed E-state index contributed by atoms with van der Waals surface area (Å²) in [7, 11) is -9.44. The second-order valence-electron chi connectivity index (χ2n) is 4.11. The molecule has 0 aliphatic heterocycles. The molecule has 114 valence electrons. The Morgan fingerprint density at radius 1 is 0.952 bits per heavy atom. The van der Waals surface area contributed by atoms with Crippen molar-refractivity contribution in [3.63, 3.8) is 0 Å². The molecule has 0 heterocycles. The van der Waals surface area contributed by atoms with E-state index in [1.54, 1.807) is 5.48 Å². The first-order chi connectivity index (χ1) is 9.55. The van der Waals surface area contributed by atoms with E-state index in [-0.39, 0.29) is 22.1 Å². The van der Waals surface area contributed by atoms with Crippen LogP contribution in [0.2, 0.25) is 0 Å². The average Bonchev–Trinajstić information content (AvgIpc) is 2.34. The Bertz CT molecular complexity index is 936. The van der Waals surface area contributed by atoms with Crippen molar-refractivity contribution in [3.8, 4) is 0 Å². The van der Waals surface area contributed by atoms with Crippen molar-refractivity contribution in [2.45, 2.75) is 9.79 Å². The second kappa shape index (κ2) is 4.82. The Labute approximate surface area is 119 Å².